The van der Waals surface area contributed by atoms with E-state index in [1.54, 1.807) is 24.3 Å². The number of nitrogens with zero attached hydrogens (tertiary/aromatic N) is 1. The lowest BCUT2D eigenvalue weighted by molar-refractivity contribution is -0.117. The van der Waals surface area contributed by atoms with Gasteiger partial charge in [0.2, 0.25) is 5.91 Å². The number of hydrogen-bond acceptors (Lipinski definition) is 2. The lowest BCUT2D eigenvalue weighted by Crippen LogP contribution is -2.45. The van der Waals surface area contributed by atoms with E-state index in [0.29, 0.717) is 29.2 Å². The Morgan fingerprint density at radius 3 is 2.41 bits per heavy atom. The minimum atomic E-state index is -0.0811. The highest BCUT2D eigenvalue weighted by Crippen LogP contribution is 2.24. The summed E-state index contributed by atoms with van der Waals surface area (Å²) in [6, 6.07) is 12.9. The highest BCUT2D eigenvalue weighted by molar-refractivity contribution is 6.30. The van der Waals surface area contributed by atoms with Gasteiger partial charge in [0.25, 0.3) is 5.91 Å². The molecule has 1 N–H and O–H groups in total. The molecule has 5 heteroatoms. The SMILES string of the molecule is Cc1cc(C)cc(C(=O)N2CCCCC2CC(=O)Nc2ccc(Cl)cc2)c1. The molecule has 2 amide bonds. The largest absolute Gasteiger partial charge is 0.335 e. The van der Waals surface area contributed by atoms with E-state index >= 15 is 0 Å². The molecule has 3 rings (SSSR count). The highest BCUT2D eigenvalue weighted by Gasteiger charge is 2.29. The minimum Gasteiger partial charge on any atom is -0.335 e. The van der Waals surface area contributed by atoms with Crippen LogP contribution in [0.3, 0.4) is 0 Å². The van der Waals surface area contributed by atoms with E-state index in [9.17, 15) is 9.59 Å². The van der Waals surface area contributed by atoms with Crippen molar-refractivity contribution in [2.45, 2.75) is 45.6 Å². The quantitative estimate of drug-likeness (QED) is 0.808. The number of halogens is 1. The third-order valence-electron chi connectivity index (χ3n) is 4.91. The van der Waals surface area contributed by atoms with Gasteiger partial charge in [-0.25, -0.2) is 0 Å². The maximum absolute atomic E-state index is 13.1. The minimum absolute atomic E-state index is 0.0193. The van der Waals surface area contributed by atoms with Gasteiger partial charge in [0.05, 0.1) is 0 Å². The molecule has 1 unspecified atom stereocenters. The van der Waals surface area contributed by atoms with Crippen LogP contribution in [0.1, 0.15) is 47.2 Å². The molecule has 1 saturated heterocycles. The molecule has 0 saturated carbocycles. The normalized spacial score (nSPS) is 16.9. The maximum Gasteiger partial charge on any atom is 0.254 e. The smallest absolute Gasteiger partial charge is 0.254 e. The molecule has 27 heavy (non-hydrogen) atoms. The summed E-state index contributed by atoms with van der Waals surface area (Å²) in [5.41, 5.74) is 3.57. The average molecular weight is 385 g/mol. The Morgan fingerprint density at radius 2 is 1.74 bits per heavy atom. The lowest BCUT2D eigenvalue weighted by Gasteiger charge is -2.35. The Hall–Kier alpha value is -2.33. The van der Waals surface area contributed by atoms with Crippen LogP contribution in [-0.2, 0) is 4.79 Å². The summed E-state index contributed by atoms with van der Waals surface area (Å²) in [6.07, 6.45) is 3.17. The van der Waals surface area contributed by atoms with E-state index in [1.807, 2.05) is 30.9 Å². The lowest BCUT2D eigenvalue weighted by atomic mass is 9.97. The second-order valence-electron chi connectivity index (χ2n) is 7.28. The van der Waals surface area contributed by atoms with Crippen LogP contribution >= 0.6 is 11.6 Å². The van der Waals surface area contributed by atoms with Crippen molar-refractivity contribution in [3.05, 3.63) is 64.2 Å². The number of carbonyl (C=O) groups is 2. The number of anilines is 1. The van der Waals surface area contributed by atoms with Crippen LogP contribution < -0.4 is 5.32 Å². The number of benzene rings is 2. The highest BCUT2D eigenvalue weighted by atomic mass is 35.5. The van der Waals surface area contributed by atoms with Crippen LogP contribution in [-0.4, -0.2) is 29.3 Å². The van der Waals surface area contributed by atoms with E-state index in [0.717, 1.165) is 30.4 Å². The van der Waals surface area contributed by atoms with Crippen molar-refractivity contribution in [2.75, 3.05) is 11.9 Å². The predicted octanol–water partition coefficient (Wildman–Crippen LogP) is 4.98. The van der Waals surface area contributed by atoms with Gasteiger partial charge in [-0.2, -0.15) is 0 Å². The first-order valence-corrected chi connectivity index (χ1v) is 9.75. The van der Waals surface area contributed by atoms with Crippen molar-refractivity contribution in [1.29, 1.82) is 0 Å². The summed E-state index contributed by atoms with van der Waals surface area (Å²) in [4.78, 5) is 27.4. The zero-order valence-electron chi connectivity index (χ0n) is 15.8. The number of hydrogen-bond donors (Lipinski definition) is 1. The molecule has 0 bridgehead atoms. The second-order valence-corrected chi connectivity index (χ2v) is 7.72. The van der Waals surface area contributed by atoms with Crippen molar-refractivity contribution >= 4 is 29.1 Å². The molecule has 4 nitrogen and oxygen atoms in total. The van der Waals surface area contributed by atoms with Crippen LogP contribution in [0.15, 0.2) is 42.5 Å². The Balaban J connectivity index is 1.70. The van der Waals surface area contributed by atoms with Gasteiger partial charge >= 0.3 is 0 Å². The van der Waals surface area contributed by atoms with Gasteiger partial charge in [0.1, 0.15) is 0 Å². The Kier molecular flexibility index (Phi) is 6.17. The number of amides is 2. The summed E-state index contributed by atoms with van der Waals surface area (Å²) >= 11 is 5.88. The zero-order chi connectivity index (χ0) is 19.4. The van der Waals surface area contributed by atoms with E-state index in [2.05, 4.69) is 11.4 Å². The summed E-state index contributed by atoms with van der Waals surface area (Å²) in [7, 11) is 0. The number of nitrogens with one attached hydrogen (secondary N) is 1. The summed E-state index contributed by atoms with van der Waals surface area (Å²) < 4.78 is 0. The van der Waals surface area contributed by atoms with Crippen molar-refractivity contribution in [3.8, 4) is 0 Å². The first-order valence-electron chi connectivity index (χ1n) is 9.37. The number of likely N-dealkylation sites (tertiary alicyclic amines) is 1. The van der Waals surface area contributed by atoms with E-state index in [-0.39, 0.29) is 17.9 Å². The van der Waals surface area contributed by atoms with Gasteiger partial charge in [-0.05, 0) is 69.5 Å². The summed E-state index contributed by atoms with van der Waals surface area (Å²) in [6.45, 7) is 4.69. The molecule has 1 aliphatic heterocycles. The fourth-order valence-corrected chi connectivity index (χ4v) is 3.83. The molecule has 1 fully saturated rings. The van der Waals surface area contributed by atoms with Gasteiger partial charge in [-0.3, -0.25) is 9.59 Å². The molecule has 0 radical (unpaired) electrons. The molecule has 1 heterocycles. The first kappa shape index (κ1) is 19.4. The Labute approximate surface area is 165 Å². The fourth-order valence-electron chi connectivity index (χ4n) is 3.70. The molecule has 0 aliphatic carbocycles. The van der Waals surface area contributed by atoms with E-state index in [4.69, 9.17) is 11.6 Å². The Bertz CT molecular complexity index is 812. The molecule has 1 aliphatic rings. The standard InChI is InChI=1S/C22H25ClN2O2/c1-15-11-16(2)13-17(12-15)22(27)25-10-4-3-5-20(25)14-21(26)24-19-8-6-18(23)7-9-19/h6-9,11-13,20H,3-5,10,14H2,1-2H3,(H,24,26). The molecule has 1 atom stereocenters. The van der Waals surface area contributed by atoms with E-state index in [1.165, 1.54) is 0 Å². The van der Waals surface area contributed by atoms with Crippen LogP contribution in [0.4, 0.5) is 5.69 Å². The van der Waals surface area contributed by atoms with Crippen molar-refractivity contribution in [3.63, 3.8) is 0 Å². The zero-order valence-corrected chi connectivity index (χ0v) is 16.6. The molecule has 2 aromatic rings. The van der Waals surface area contributed by atoms with Gasteiger partial charge in [-0.15, -0.1) is 0 Å². The average Bonchev–Trinajstić information content (AvgIpc) is 2.63. The van der Waals surface area contributed by atoms with Gasteiger partial charge < -0.3 is 10.2 Å². The van der Waals surface area contributed by atoms with E-state index < -0.39 is 0 Å². The van der Waals surface area contributed by atoms with Crippen LogP contribution in [0.25, 0.3) is 0 Å². The summed E-state index contributed by atoms with van der Waals surface area (Å²) in [5.74, 6) is -0.0618. The third kappa shape index (κ3) is 5.10. The second kappa shape index (κ2) is 8.57. The van der Waals surface area contributed by atoms with Crippen LogP contribution in [0, 0.1) is 13.8 Å². The predicted molar refractivity (Wildman–Crippen MR) is 109 cm³/mol. The van der Waals surface area contributed by atoms with Crippen molar-refractivity contribution in [2.24, 2.45) is 0 Å². The molecule has 142 valence electrons. The topological polar surface area (TPSA) is 49.4 Å². The first-order chi connectivity index (χ1) is 12.9. The monoisotopic (exact) mass is 384 g/mol. The number of piperidine rings is 1. The van der Waals surface area contributed by atoms with Gasteiger partial charge in [-0.1, -0.05) is 28.8 Å². The van der Waals surface area contributed by atoms with Crippen molar-refractivity contribution < 1.29 is 9.59 Å². The number of aryl methyl sites for hydroxylation is 2. The fraction of sp³-hybridized carbons (Fsp3) is 0.364. The third-order valence-corrected chi connectivity index (χ3v) is 5.16. The van der Waals surface area contributed by atoms with Gasteiger partial charge in [0, 0.05) is 35.3 Å². The molecule has 0 spiro atoms. The molecular formula is C22H25ClN2O2. The van der Waals surface area contributed by atoms with Crippen LogP contribution in [0.2, 0.25) is 5.02 Å². The molecule has 2 aromatic carbocycles. The molecular weight excluding hydrogens is 360 g/mol. The molecule has 0 aromatic heterocycles. The van der Waals surface area contributed by atoms with Crippen LogP contribution in [0.5, 0.6) is 0 Å². The number of rotatable bonds is 4. The Morgan fingerprint density at radius 1 is 1.07 bits per heavy atom. The van der Waals surface area contributed by atoms with Gasteiger partial charge in [0.15, 0.2) is 0 Å². The summed E-state index contributed by atoms with van der Waals surface area (Å²) in [5, 5.41) is 3.53. The van der Waals surface area contributed by atoms with Crippen molar-refractivity contribution in [1.82, 2.24) is 4.90 Å². The number of carbonyl (C=O) groups excluding carboxylic acids is 2. The maximum atomic E-state index is 13.1.